The van der Waals surface area contributed by atoms with E-state index in [1.54, 1.807) is 20.8 Å². The Balaban J connectivity index is 1.67. The maximum atomic E-state index is 12.6. The highest BCUT2D eigenvalue weighted by Crippen LogP contribution is 2.29. The Morgan fingerprint density at radius 1 is 0.844 bits per heavy atom. The average molecular weight is 439 g/mol. The van der Waals surface area contributed by atoms with Gasteiger partial charge in [-0.05, 0) is 97.5 Å². The Morgan fingerprint density at radius 3 is 2.06 bits per heavy atom. The molecule has 1 fully saturated rings. The quantitative estimate of drug-likeness (QED) is 0.235. The van der Waals surface area contributed by atoms with Crippen LogP contribution >= 0.6 is 0 Å². The van der Waals surface area contributed by atoms with Gasteiger partial charge in [0.05, 0.1) is 13.2 Å². The van der Waals surface area contributed by atoms with Crippen LogP contribution in [0.3, 0.4) is 0 Å². The van der Waals surface area contributed by atoms with Gasteiger partial charge in [-0.3, -0.25) is 9.59 Å². The van der Waals surface area contributed by atoms with Gasteiger partial charge in [0.1, 0.15) is 0 Å². The molecule has 3 heteroatoms. The van der Waals surface area contributed by atoms with Gasteiger partial charge >= 0.3 is 0 Å². The van der Waals surface area contributed by atoms with E-state index in [0.29, 0.717) is 29.1 Å². The third kappa shape index (κ3) is 7.85. The van der Waals surface area contributed by atoms with Gasteiger partial charge in [-0.1, -0.05) is 36.3 Å². The van der Waals surface area contributed by atoms with Crippen LogP contribution in [-0.4, -0.2) is 24.8 Å². The minimum atomic E-state index is 0.0394. The Hall–Kier alpha value is -2.00. The molecule has 1 unspecified atom stereocenters. The molecule has 0 saturated carbocycles. The lowest BCUT2D eigenvalue weighted by atomic mass is 9.82. The fraction of sp³-hybridized carbons (Fsp3) is 0.586. The highest BCUT2D eigenvalue weighted by molar-refractivity contribution is 6.24. The van der Waals surface area contributed by atoms with Crippen LogP contribution in [0.25, 0.3) is 0 Å². The zero-order valence-corrected chi connectivity index (χ0v) is 21.1. The summed E-state index contributed by atoms with van der Waals surface area (Å²) < 4.78 is 5.17. The summed E-state index contributed by atoms with van der Waals surface area (Å²) in [5, 5.41) is 0. The van der Waals surface area contributed by atoms with Crippen molar-refractivity contribution in [2.45, 2.75) is 92.9 Å². The topological polar surface area (TPSA) is 43.4 Å². The molecule has 1 saturated heterocycles. The van der Waals surface area contributed by atoms with Crippen molar-refractivity contribution in [3.63, 3.8) is 0 Å². The first-order chi connectivity index (χ1) is 15.2. The van der Waals surface area contributed by atoms with Crippen molar-refractivity contribution >= 4 is 11.6 Å². The van der Waals surface area contributed by atoms with Crippen LogP contribution < -0.4 is 0 Å². The molecule has 0 aromatic carbocycles. The summed E-state index contributed by atoms with van der Waals surface area (Å²) in [5.74, 6) is 0.643. The van der Waals surface area contributed by atoms with Gasteiger partial charge in [0.15, 0.2) is 11.6 Å². The molecule has 0 aromatic heterocycles. The van der Waals surface area contributed by atoms with Crippen LogP contribution in [0.5, 0.6) is 0 Å². The first-order valence-corrected chi connectivity index (χ1v) is 12.2. The highest BCUT2D eigenvalue weighted by atomic mass is 16.5. The summed E-state index contributed by atoms with van der Waals surface area (Å²) in [6.07, 6.45) is 15.4. The minimum Gasteiger partial charge on any atom is -0.373 e. The molecule has 1 atom stereocenters. The number of carbonyl (C=O) groups is 2. The summed E-state index contributed by atoms with van der Waals surface area (Å²) in [7, 11) is 0. The highest BCUT2D eigenvalue weighted by Gasteiger charge is 2.27. The third-order valence-corrected chi connectivity index (χ3v) is 6.93. The van der Waals surface area contributed by atoms with Crippen LogP contribution in [0.2, 0.25) is 0 Å². The standard InChI is InChI=1S/C29H42O3/c1-20(10-7-11-21(2)14-9-15-26-18-32-19-26)12-8-13-22(3)16-17-27-25(6)28(30)23(4)24(5)29(27)31/h11-12,15,22H,7-10,13-14,16-19H2,1-6H3/b20-12+,21-11+. The van der Waals surface area contributed by atoms with Crippen LogP contribution in [0.4, 0.5) is 0 Å². The van der Waals surface area contributed by atoms with E-state index in [-0.39, 0.29) is 11.6 Å². The van der Waals surface area contributed by atoms with Crippen LogP contribution in [-0.2, 0) is 14.3 Å². The second-order valence-corrected chi connectivity index (χ2v) is 9.77. The Labute approximate surface area is 195 Å². The van der Waals surface area contributed by atoms with Gasteiger partial charge in [0.2, 0.25) is 0 Å². The lowest BCUT2D eigenvalue weighted by Crippen LogP contribution is -2.21. The molecule has 2 aliphatic rings. The van der Waals surface area contributed by atoms with Gasteiger partial charge < -0.3 is 4.74 Å². The molecule has 0 amide bonds. The molecule has 0 N–H and O–H groups in total. The van der Waals surface area contributed by atoms with E-state index in [1.165, 1.54) is 16.7 Å². The molecule has 0 radical (unpaired) electrons. The monoisotopic (exact) mass is 438 g/mol. The van der Waals surface area contributed by atoms with Crippen molar-refractivity contribution in [3.8, 4) is 0 Å². The van der Waals surface area contributed by atoms with Gasteiger partial charge in [-0.15, -0.1) is 0 Å². The Kier molecular flexibility index (Phi) is 10.6. The normalized spacial score (nSPS) is 19.0. The molecule has 1 heterocycles. The predicted octanol–water partition coefficient (Wildman–Crippen LogP) is 7.40. The molecule has 176 valence electrons. The number of ether oxygens (including phenoxy) is 1. The van der Waals surface area contributed by atoms with Crippen molar-refractivity contribution in [2.75, 3.05) is 13.2 Å². The van der Waals surface area contributed by atoms with E-state index in [0.717, 1.165) is 63.7 Å². The minimum absolute atomic E-state index is 0.0394. The zero-order chi connectivity index (χ0) is 23.7. The number of hydrogen-bond donors (Lipinski definition) is 0. The molecule has 0 spiro atoms. The van der Waals surface area contributed by atoms with E-state index in [4.69, 9.17) is 4.74 Å². The molecule has 1 aliphatic carbocycles. The molecule has 3 nitrogen and oxygen atoms in total. The van der Waals surface area contributed by atoms with Gasteiger partial charge in [-0.2, -0.15) is 0 Å². The van der Waals surface area contributed by atoms with Gasteiger partial charge in [0.25, 0.3) is 0 Å². The summed E-state index contributed by atoms with van der Waals surface area (Å²) in [4.78, 5) is 24.9. The summed E-state index contributed by atoms with van der Waals surface area (Å²) in [6.45, 7) is 13.7. The first-order valence-electron chi connectivity index (χ1n) is 12.2. The number of Topliss-reactive ketones (excluding diaryl/α,β-unsaturated/α-hetero) is 2. The SMILES string of the molecule is CC1=C(C)C(=O)C(CCC(C)CC/C=C(\C)CC/C=C(\C)CCC=C2COC2)=C(C)C1=O. The number of allylic oxidation sites excluding steroid dienone is 9. The Morgan fingerprint density at radius 2 is 1.44 bits per heavy atom. The van der Waals surface area contributed by atoms with Crippen molar-refractivity contribution in [1.82, 2.24) is 0 Å². The van der Waals surface area contributed by atoms with Crippen molar-refractivity contribution in [3.05, 3.63) is 57.2 Å². The molecule has 32 heavy (non-hydrogen) atoms. The second-order valence-electron chi connectivity index (χ2n) is 9.77. The summed E-state index contributed by atoms with van der Waals surface area (Å²) >= 11 is 0. The maximum absolute atomic E-state index is 12.6. The van der Waals surface area contributed by atoms with Gasteiger partial charge in [0, 0.05) is 22.3 Å². The number of hydrogen-bond acceptors (Lipinski definition) is 3. The number of ketones is 2. The van der Waals surface area contributed by atoms with E-state index in [9.17, 15) is 9.59 Å². The van der Waals surface area contributed by atoms with Crippen molar-refractivity contribution in [1.29, 1.82) is 0 Å². The lowest BCUT2D eigenvalue weighted by Gasteiger charge is -2.20. The van der Waals surface area contributed by atoms with E-state index in [1.807, 2.05) is 0 Å². The zero-order valence-electron chi connectivity index (χ0n) is 21.1. The third-order valence-electron chi connectivity index (χ3n) is 6.93. The summed E-state index contributed by atoms with van der Waals surface area (Å²) in [5.41, 5.74) is 6.99. The van der Waals surface area contributed by atoms with E-state index in [2.05, 4.69) is 39.0 Å². The van der Waals surface area contributed by atoms with Crippen molar-refractivity contribution in [2.24, 2.45) is 5.92 Å². The van der Waals surface area contributed by atoms with Gasteiger partial charge in [-0.25, -0.2) is 0 Å². The number of carbonyl (C=O) groups excluding carboxylic acids is 2. The van der Waals surface area contributed by atoms with Crippen molar-refractivity contribution < 1.29 is 14.3 Å². The first kappa shape index (κ1) is 26.3. The van der Waals surface area contributed by atoms with Crippen LogP contribution in [0.1, 0.15) is 92.9 Å². The molecule has 0 bridgehead atoms. The molecule has 2 rings (SSSR count). The Bertz CT molecular complexity index is 855. The fourth-order valence-corrected chi connectivity index (χ4v) is 4.20. The molecular weight excluding hydrogens is 396 g/mol. The number of rotatable bonds is 12. The van der Waals surface area contributed by atoms with E-state index >= 15 is 0 Å². The largest absolute Gasteiger partial charge is 0.373 e. The summed E-state index contributed by atoms with van der Waals surface area (Å²) in [6, 6.07) is 0. The second kappa shape index (κ2) is 12.9. The maximum Gasteiger partial charge on any atom is 0.185 e. The predicted molar refractivity (Wildman–Crippen MR) is 134 cm³/mol. The van der Waals surface area contributed by atoms with Crippen LogP contribution in [0.15, 0.2) is 57.2 Å². The average Bonchev–Trinajstić information content (AvgIpc) is 2.72. The molecular formula is C29H42O3. The smallest absolute Gasteiger partial charge is 0.185 e. The van der Waals surface area contributed by atoms with Crippen LogP contribution in [0, 0.1) is 5.92 Å². The molecule has 1 aliphatic heterocycles. The molecule has 0 aromatic rings. The van der Waals surface area contributed by atoms with E-state index < -0.39 is 0 Å². The lowest BCUT2D eigenvalue weighted by molar-refractivity contribution is -0.116. The fourth-order valence-electron chi connectivity index (χ4n) is 4.20.